The van der Waals surface area contributed by atoms with E-state index in [1.807, 2.05) is 50.8 Å². The van der Waals surface area contributed by atoms with Gasteiger partial charge in [-0.05, 0) is 42.2 Å². The van der Waals surface area contributed by atoms with Crippen LogP contribution in [0.2, 0.25) is 0 Å². The molecule has 3 aromatic rings. The van der Waals surface area contributed by atoms with Crippen LogP contribution in [0.3, 0.4) is 0 Å². The molecule has 0 saturated heterocycles. The highest BCUT2D eigenvalue weighted by atomic mass is 35.5. The number of hydrogen-bond acceptors (Lipinski definition) is 5. The van der Waals surface area contributed by atoms with Crippen LogP contribution in [0.1, 0.15) is 42.6 Å². The zero-order valence-electron chi connectivity index (χ0n) is 22.0. The third kappa shape index (κ3) is 7.09. The summed E-state index contributed by atoms with van der Waals surface area (Å²) in [4.78, 5) is 35.0. The highest BCUT2D eigenvalue weighted by Gasteiger charge is 2.22. The summed E-state index contributed by atoms with van der Waals surface area (Å²) in [7, 11) is 1.68. The lowest BCUT2D eigenvalue weighted by molar-refractivity contribution is -0.119. The van der Waals surface area contributed by atoms with Gasteiger partial charge in [0.1, 0.15) is 0 Å². The summed E-state index contributed by atoms with van der Waals surface area (Å²) in [5.41, 5.74) is 4.48. The minimum absolute atomic E-state index is 0. The van der Waals surface area contributed by atoms with E-state index in [-0.39, 0.29) is 30.1 Å². The number of hydrogen-bond donors (Lipinski definition) is 1. The van der Waals surface area contributed by atoms with Crippen molar-refractivity contribution in [2.24, 2.45) is 5.92 Å². The zero-order chi connectivity index (χ0) is 25.5. The molecule has 200 valence electrons. The largest absolute Gasteiger partial charge is 0.383 e. The molecule has 0 fully saturated rings. The average molecular weight is 528 g/mol. The fourth-order valence-corrected chi connectivity index (χ4v) is 4.68. The molecule has 0 radical (unpaired) electrons. The van der Waals surface area contributed by atoms with Gasteiger partial charge < -0.3 is 24.4 Å². The fraction of sp³-hybridized carbons (Fsp3) is 0.464. The molecule has 1 aliphatic heterocycles. The standard InChI is InChI=1S/C28H37N5O3.ClH/c1-21(2)17-27(34)33-13-6-12-31(14-11-29-19-23-7-4-5-8-25(23)33)28(35)22-9-10-26-24(18-22)30-20-32(26)15-16-36-3;/h4-5,7-10,18,20-21,29H,6,11-17,19H2,1-3H3;1H. The van der Waals surface area contributed by atoms with E-state index >= 15 is 0 Å². The molecule has 0 atom stereocenters. The van der Waals surface area contributed by atoms with Gasteiger partial charge in [-0.15, -0.1) is 12.4 Å². The van der Waals surface area contributed by atoms with Crippen molar-refractivity contribution in [3.05, 3.63) is 59.9 Å². The smallest absolute Gasteiger partial charge is 0.253 e. The van der Waals surface area contributed by atoms with Crippen molar-refractivity contribution >= 4 is 40.9 Å². The summed E-state index contributed by atoms with van der Waals surface area (Å²) in [5.74, 6) is 0.401. The van der Waals surface area contributed by atoms with Crippen LogP contribution in [0.25, 0.3) is 11.0 Å². The first-order valence-electron chi connectivity index (χ1n) is 12.8. The summed E-state index contributed by atoms with van der Waals surface area (Å²) >= 11 is 0. The van der Waals surface area contributed by atoms with Crippen LogP contribution in [0.4, 0.5) is 5.69 Å². The summed E-state index contributed by atoms with van der Waals surface area (Å²) in [6.07, 6.45) is 2.99. The Morgan fingerprint density at radius 2 is 1.92 bits per heavy atom. The second kappa shape index (κ2) is 13.6. The van der Waals surface area contributed by atoms with Crippen molar-refractivity contribution in [3.63, 3.8) is 0 Å². The molecule has 2 aromatic carbocycles. The predicted octanol–water partition coefficient (Wildman–Crippen LogP) is 4.12. The Labute approximate surface area is 225 Å². The monoisotopic (exact) mass is 527 g/mol. The van der Waals surface area contributed by atoms with Crippen molar-refractivity contribution < 1.29 is 14.3 Å². The van der Waals surface area contributed by atoms with Crippen molar-refractivity contribution in [1.29, 1.82) is 0 Å². The fourth-order valence-electron chi connectivity index (χ4n) is 4.68. The number of carbonyl (C=O) groups is 2. The molecular formula is C28H38ClN5O3. The molecule has 1 aliphatic rings. The molecule has 2 heterocycles. The molecule has 4 rings (SSSR count). The van der Waals surface area contributed by atoms with Crippen LogP contribution in [0.15, 0.2) is 48.8 Å². The van der Waals surface area contributed by atoms with Crippen molar-refractivity contribution in [1.82, 2.24) is 19.8 Å². The second-order valence-electron chi connectivity index (χ2n) is 9.73. The molecule has 37 heavy (non-hydrogen) atoms. The van der Waals surface area contributed by atoms with Gasteiger partial charge in [0.15, 0.2) is 0 Å². The first-order chi connectivity index (χ1) is 17.5. The minimum Gasteiger partial charge on any atom is -0.383 e. The quantitative estimate of drug-likeness (QED) is 0.521. The molecule has 8 nitrogen and oxygen atoms in total. The van der Waals surface area contributed by atoms with Crippen molar-refractivity contribution in [2.75, 3.05) is 44.8 Å². The summed E-state index contributed by atoms with van der Waals surface area (Å²) in [6, 6.07) is 13.8. The van der Waals surface area contributed by atoms with Crippen molar-refractivity contribution in [3.8, 4) is 0 Å². The topological polar surface area (TPSA) is 79.7 Å². The number of halogens is 1. The number of nitrogens with zero attached hydrogens (tertiary/aromatic N) is 4. The van der Waals surface area contributed by atoms with E-state index in [0.29, 0.717) is 64.3 Å². The minimum atomic E-state index is -0.0121. The Balaban J connectivity index is 0.00000380. The molecule has 9 heteroatoms. The van der Waals surface area contributed by atoms with Crippen LogP contribution in [0.5, 0.6) is 0 Å². The van der Waals surface area contributed by atoms with Gasteiger partial charge in [0, 0.05) is 64.0 Å². The average Bonchev–Trinajstić information content (AvgIpc) is 3.26. The number of methoxy groups -OCH3 is 1. The third-order valence-corrected chi connectivity index (χ3v) is 6.54. The van der Waals surface area contributed by atoms with Gasteiger partial charge in [0.2, 0.25) is 5.91 Å². The number of rotatable bonds is 6. The lowest BCUT2D eigenvalue weighted by Crippen LogP contribution is -2.39. The van der Waals surface area contributed by atoms with E-state index in [1.54, 1.807) is 13.4 Å². The van der Waals surface area contributed by atoms with E-state index < -0.39 is 0 Å². The van der Waals surface area contributed by atoms with E-state index in [2.05, 4.69) is 30.2 Å². The highest BCUT2D eigenvalue weighted by Crippen LogP contribution is 2.24. The SMILES string of the molecule is COCCn1cnc2cc(C(=O)N3CCCN(C(=O)CC(C)C)c4ccccc4CNCC3)ccc21.Cl. The number of benzene rings is 2. The van der Waals surface area contributed by atoms with Gasteiger partial charge in [-0.25, -0.2) is 4.98 Å². The molecule has 0 spiro atoms. The second-order valence-corrected chi connectivity index (χ2v) is 9.73. The molecule has 2 amide bonds. The molecule has 0 unspecified atom stereocenters. The van der Waals surface area contributed by atoms with Gasteiger partial charge in [0.05, 0.1) is 24.0 Å². The third-order valence-electron chi connectivity index (χ3n) is 6.54. The number of carbonyl (C=O) groups excluding carboxylic acids is 2. The van der Waals surface area contributed by atoms with Crippen molar-refractivity contribution in [2.45, 2.75) is 39.8 Å². The summed E-state index contributed by atoms with van der Waals surface area (Å²) in [6.45, 7) is 8.53. The first-order valence-corrected chi connectivity index (χ1v) is 12.8. The van der Waals surface area contributed by atoms with Crippen LogP contribution < -0.4 is 10.2 Å². The molecule has 1 N–H and O–H groups in total. The molecule has 0 saturated carbocycles. The maximum Gasteiger partial charge on any atom is 0.253 e. The van der Waals surface area contributed by atoms with Crippen LogP contribution >= 0.6 is 12.4 Å². The predicted molar refractivity (Wildman–Crippen MR) is 149 cm³/mol. The lowest BCUT2D eigenvalue weighted by atomic mass is 10.1. The number of para-hydroxylation sites is 1. The Morgan fingerprint density at radius 3 is 2.70 bits per heavy atom. The Bertz CT molecular complexity index is 1200. The van der Waals surface area contributed by atoms with Gasteiger partial charge in [-0.1, -0.05) is 32.0 Å². The summed E-state index contributed by atoms with van der Waals surface area (Å²) < 4.78 is 7.21. The normalized spacial score (nSPS) is 14.7. The van der Waals surface area contributed by atoms with E-state index in [9.17, 15) is 9.59 Å². The number of aromatic nitrogens is 2. The first kappa shape index (κ1) is 28.6. The highest BCUT2D eigenvalue weighted by molar-refractivity contribution is 5.97. The van der Waals surface area contributed by atoms with E-state index in [1.165, 1.54) is 0 Å². The number of amides is 2. The number of anilines is 1. The van der Waals surface area contributed by atoms with Gasteiger partial charge in [-0.2, -0.15) is 0 Å². The molecular weight excluding hydrogens is 490 g/mol. The Morgan fingerprint density at radius 1 is 1.11 bits per heavy atom. The molecule has 0 bridgehead atoms. The van der Waals surface area contributed by atoms with Gasteiger partial charge >= 0.3 is 0 Å². The van der Waals surface area contributed by atoms with Gasteiger partial charge in [0.25, 0.3) is 5.91 Å². The van der Waals surface area contributed by atoms with E-state index in [4.69, 9.17) is 4.74 Å². The number of ether oxygens (including phenoxy) is 1. The molecule has 0 aliphatic carbocycles. The zero-order valence-corrected chi connectivity index (χ0v) is 22.8. The van der Waals surface area contributed by atoms with Gasteiger partial charge in [-0.3, -0.25) is 9.59 Å². The van der Waals surface area contributed by atoms with Crippen LogP contribution in [-0.2, 0) is 22.6 Å². The number of imidazole rings is 1. The lowest BCUT2D eigenvalue weighted by Gasteiger charge is -2.27. The van der Waals surface area contributed by atoms with Crippen LogP contribution in [0, 0.1) is 5.92 Å². The molecule has 1 aromatic heterocycles. The number of fused-ring (bicyclic) bond motifs is 2. The maximum atomic E-state index is 13.5. The Hall–Kier alpha value is -2.94. The maximum absolute atomic E-state index is 13.5. The van der Waals surface area contributed by atoms with E-state index in [0.717, 1.165) is 22.3 Å². The summed E-state index contributed by atoms with van der Waals surface area (Å²) in [5, 5.41) is 3.47. The Kier molecular flexibility index (Phi) is 10.5. The number of nitrogens with one attached hydrogen (secondary N) is 1. The van der Waals surface area contributed by atoms with Crippen LogP contribution in [-0.4, -0.2) is 66.2 Å².